The Bertz CT molecular complexity index is 749. The molecule has 0 fully saturated rings. The highest BCUT2D eigenvalue weighted by Crippen LogP contribution is 2.42. The lowest BCUT2D eigenvalue weighted by atomic mass is 9.99. The van der Waals surface area contributed by atoms with Gasteiger partial charge in [0.05, 0.1) is 5.69 Å². The van der Waals surface area contributed by atoms with Crippen molar-refractivity contribution < 1.29 is 0 Å². The third-order valence-corrected chi connectivity index (χ3v) is 3.69. The predicted octanol–water partition coefficient (Wildman–Crippen LogP) is 5.73. The summed E-state index contributed by atoms with van der Waals surface area (Å²) >= 11 is 18.0. The summed E-state index contributed by atoms with van der Waals surface area (Å²) in [6.07, 6.45) is 1.76. The minimum Gasteiger partial charge on any atom is -0.255 e. The zero-order valence-electron chi connectivity index (χ0n) is 10.4. The third-order valence-electron chi connectivity index (χ3n) is 3.15. The monoisotopic (exact) mass is 321 g/mol. The molecule has 1 aromatic heterocycles. The van der Waals surface area contributed by atoms with Gasteiger partial charge in [-0.15, -0.1) is 0 Å². The van der Waals surface area contributed by atoms with Crippen LogP contribution >= 0.6 is 34.8 Å². The number of pyridine rings is 1. The maximum Gasteiger partial charge on any atom is 0.233 e. The smallest absolute Gasteiger partial charge is 0.233 e. The molecule has 4 heteroatoms. The lowest BCUT2D eigenvalue weighted by Crippen LogP contribution is -2.05. The molecule has 0 unspecified atom stereocenters. The highest BCUT2D eigenvalue weighted by atomic mass is 35.6. The van der Waals surface area contributed by atoms with Crippen molar-refractivity contribution in [3.63, 3.8) is 0 Å². The highest BCUT2D eigenvalue weighted by Gasteiger charge is 2.27. The van der Waals surface area contributed by atoms with Crippen LogP contribution in [0, 0.1) is 0 Å². The quantitative estimate of drug-likeness (QED) is 0.521. The van der Waals surface area contributed by atoms with E-state index in [-0.39, 0.29) is 0 Å². The van der Waals surface area contributed by atoms with Crippen molar-refractivity contribution in [2.45, 2.75) is 3.79 Å². The van der Waals surface area contributed by atoms with Crippen LogP contribution in [0.1, 0.15) is 5.69 Å². The van der Waals surface area contributed by atoms with Gasteiger partial charge in [0.15, 0.2) is 0 Å². The van der Waals surface area contributed by atoms with Gasteiger partial charge in [-0.05, 0) is 10.9 Å². The van der Waals surface area contributed by atoms with E-state index in [1.165, 1.54) is 0 Å². The molecule has 0 bridgehead atoms. The fourth-order valence-electron chi connectivity index (χ4n) is 2.27. The van der Waals surface area contributed by atoms with E-state index in [9.17, 15) is 0 Å². The molecule has 0 aliphatic heterocycles. The topological polar surface area (TPSA) is 12.9 Å². The maximum absolute atomic E-state index is 6.00. The lowest BCUT2D eigenvalue weighted by Gasteiger charge is -2.15. The Hall–Kier alpha value is -1.28. The second kappa shape index (κ2) is 5.25. The maximum atomic E-state index is 6.00. The molecule has 0 N–H and O–H groups in total. The van der Waals surface area contributed by atoms with Crippen LogP contribution in [0.15, 0.2) is 60.8 Å². The minimum absolute atomic E-state index is 0.456. The molecule has 1 nitrogen and oxygen atoms in total. The highest BCUT2D eigenvalue weighted by molar-refractivity contribution is 6.67. The van der Waals surface area contributed by atoms with Crippen molar-refractivity contribution in [3.8, 4) is 11.1 Å². The molecule has 2 aromatic carbocycles. The van der Waals surface area contributed by atoms with Crippen LogP contribution in [0.3, 0.4) is 0 Å². The minimum atomic E-state index is -1.53. The molecule has 20 heavy (non-hydrogen) atoms. The number of alkyl halides is 3. The molecule has 1 heterocycles. The van der Waals surface area contributed by atoms with E-state index >= 15 is 0 Å². The first-order valence-electron chi connectivity index (χ1n) is 6.08. The van der Waals surface area contributed by atoms with Gasteiger partial charge in [-0.3, -0.25) is 4.98 Å². The second-order valence-electron chi connectivity index (χ2n) is 4.43. The number of nitrogens with zero attached hydrogens (tertiary/aromatic N) is 1. The van der Waals surface area contributed by atoms with E-state index in [0.717, 1.165) is 21.9 Å². The summed E-state index contributed by atoms with van der Waals surface area (Å²) in [5, 5.41) is 1.88. The van der Waals surface area contributed by atoms with Crippen LogP contribution in [-0.2, 0) is 3.79 Å². The van der Waals surface area contributed by atoms with Crippen molar-refractivity contribution in [2.24, 2.45) is 0 Å². The lowest BCUT2D eigenvalue weighted by molar-refractivity contribution is 1.12. The summed E-state index contributed by atoms with van der Waals surface area (Å²) in [6.45, 7) is 0. The Kier molecular flexibility index (Phi) is 3.59. The number of benzene rings is 2. The summed E-state index contributed by atoms with van der Waals surface area (Å²) in [4.78, 5) is 4.36. The van der Waals surface area contributed by atoms with Gasteiger partial charge in [-0.2, -0.15) is 0 Å². The first-order valence-corrected chi connectivity index (χ1v) is 7.21. The molecular weight excluding hydrogens is 313 g/mol. The van der Waals surface area contributed by atoms with Crippen molar-refractivity contribution in [3.05, 3.63) is 66.5 Å². The molecule has 0 aliphatic rings. The van der Waals surface area contributed by atoms with Crippen LogP contribution in [0.4, 0.5) is 0 Å². The first kappa shape index (κ1) is 13.7. The molecule has 0 radical (unpaired) electrons. The Balaban J connectivity index is 2.33. The molecule has 0 saturated heterocycles. The Morgan fingerprint density at radius 2 is 1.35 bits per heavy atom. The van der Waals surface area contributed by atoms with Crippen LogP contribution in [0.2, 0.25) is 0 Å². The summed E-state index contributed by atoms with van der Waals surface area (Å²) in [7, 11) is 0. The largest absolute Gasteiger partial charge is 0.255 e. The summed E-state index contributed by atoms with van der Waals surface area (Å²) < 4.78 is -1.53. The number of aromatic nitrogens is 1. The van der Waals surface area contributed by atoms with Crippen molar-refractivity contribution in [2.75, 3.05) is 0 Å². The van der Waals surface area contributed by atoms with Gasteiger partial charge in [0.25, 0.3) is 0 Å². The van der Waals surface area contributed by atoms with Gasteiger partial charge in [0.1, 0.15) is 0 Å². The second-order valence-corrected chi connectivity index (χ2v) is 6.71. The molecule has 0 amide bonds. The number of halogens is 3. The zero-order chi connectivity index (χ0) is 14.2. The van der Waals surface area contributed by atoms with Gasteiger partial charge >= 0.3 is 0 Å². The van der Waals surface area contributed by atoms with E-state index < -0.39 is 3.79 Å². The molecule has 0 atom stereocenters. The Morgan fingerprint density at radius 3 is 2.00 bits per heavy atom. The molecular formula is C16H10Cl3N. The van der Waals surface area contributed by atoms with E-state index in [4.69, 9.17) is 34.8 Å². The van der Waals surface area contributed by atoms with Crippen molar-refractivity contribution in [1.29, 1.82) is 0 Å². The van der Waals surface area contributed by atoms with Gasteiger partial charge in [0.2, 0.25) is 3.79 Å². The van der Waals surface area contributed by atoms with Crippen LogP contribution < -0.4 is 0 Å². The van der Waals surface area contributed by atoms with Crippen molar-refractivity contribution >= 4 is 45.6 Å². The SMILES string of the molecule is ClC(Cl)(Cl)c1ncc(-c2ccccc2)c2ccccc12. The zero-order valence-corrected chi connectivity index (χ0v) is 12.6. The Labute approximate surface area is 132 Å². The van der Waals surface area contributed by atoms with E-state index in [0.29, 0.717) is 5.69 Å². The fourth-order valence-corrected chi connectivity index (χ4v) is 2.72. The van der Waals surface area contributed by atoms with Gasteiger partial charge in [-0.25, -0.2) is 0 Å². The molecule has 3 aromatic rings. The third kappa shape index (κ3) is 2.49. The molecule has 0 spiro atoms. The van der Waals surface area contributed by atoms with E-state index in [1.807, 2.05) is 54.6 Å². The average Bonchev–Trinajstić information content (AvgIpc) is 2.46. The van der Waals surface area contributed by atoms with E-state index in [2.05, 4.69) is 4.98 Å². The van der Waals surface area contributed by atoms with E-state index in [1.54, 1.807) is 6.20 Å². The van der Waals surface area contributed by atoms with Crippen molar-refractivity contribution in [1.82, 2.24) is 4.98 Å². The van der Waals surface area contributed by atoms with Crippen LogP contribution in [-0.4, -0.2) is 4.98 Å². The molecule has 3 rings (SSSR count). The summed E-state index contributed by atoms with van der Waals surface area (Å²) in [5.41, 5.74) is 2.57. The summed E-state index contributed by atoms with van der Waals surface area (Å²) in [5.74, 6) is 0. The van der Waals surface area contributed by atoms with Gasteiger partial charge in [0, 0.05) is 17.1 Å². The normalized spacial score (nSPS) is 11.8. The molecule has 100 valence electrons. The number of hydrogen-bond donors (Lipinski definition) is 0. The Morgan fingerprint density at radius 1 is 0.750 bits per heavy atom. The van der Waals surface area contributed by atoms with Gasteiger partial charge in [-0.1, -0.05) is 89.4 Å². The number of hydrogen-bond acceptors (Lipinski definition) is 1. The first-order chi connectivity index (χ1) is 9.57. The summed E-state index contributed by atoms with van der Waals surface area (Å²) in [6, 6.07) is 17.9. The number of fused-ring (bicyclic) bond motifs is 1. The van der Waals surface area contributed by atoms with Crippen LogP contribution in [0.5, 0.6) is 0 Å². The predicted molar refractivity (Wildman–Crippen MR) is 86.4 cm³/mol. The standard InChI is InChI=1S/C16H10Cl3N/c17-16(18,19)15-13-9-5-4-8-12(13)14(10-20-15)11-6-2-1-3-7-11/h1-10H. The number of rotatable bonds is 1. The fraction of sp³-hybridized carbons (Fsp3) is 0.0625. The van der Waals surface area contributed by atoms with Crippen LogP contribution in [0.25, 0.3) is 21.9 Å². The molecule has 0 aliphatic carbocycles. The average molecular weight is 323 g/mol. The molecule has 0 saturated carbocycles. The van der Waals surface area contributed by atoms with Gasteiger partial charge < -0.3 is 0 Å².